The number of fused-ring (bicyclic) bond motifs is 6. The summed E-state index contributed by atoms with van der Waals surface area (Å²) in [5.74, 6) is -0.0405. The molecule has 5 fully saturated rings. The van der Waals surface area contributed by atoms with Crippen LogP contribution in [0.3, 0.4) is 0 Å². The molecule has 5 aliphatic rings. The van der Waals surface area contributed by atoms with E-state index in [-0.39, 0.29) is 33.8 Å². The minimum Gasteiger partial charge on any atom is -0.342 e. The van der Waals surface area contributed by atoms with E-state index >= 15 is 0 Å². The topological polar surface area (TPSA) is 49.4 Å². The molecule has 6 rings (SSSR count). The molecule has 1 N–H and O–H groups in total. The smallest absolute Gasteiger partial charge is 0.228 e. The number of halogens is 2. The third kappa shape index (κ3) is 2.92. The van der Waals surface area contributed by atoms with Crippen LogP contribution in [0.2, 0.25) is 0 Å². The van der Waals surface area contributed by atoms with E-state index in [0.717, 1.165) is 38.5 Å². The largest absolute Gasteiger partial charge is 0.342 e. The van der Waals surface area contributed by atoms with Crippen molar-refractivity contribution in [2.45, 2.75) is 77.7 Å². The molecule has 1 aromatic carbocycles. The van der Waals surface area contributed by atoms with Crippen molar-refractivity contribution in [3.8, 4) is 0 Å². The molecular formula is C28H36F2N2O2. The van der Waals surface area contributed by atoms with Gasteiger partial charge in [0.15, 0.2) is 0 Å². The summed E-state index contributed by atoms with van der Waals surface area (Å²) < 4.78 is 28.4. The van der Waals surface area contributed by atoms with E-state index in [2.05, 4.69) is 24.1 Å². The van der Waals surface area contributed by atoms with E-state index in [4.69, 9.17) is 0 Å². The Bertz CT molecular complexity index is 1030. The zero-order chi connectivity index (χ0) is 24.0. The summed E-state index contributed by atoms with van der Waals surface area (Å²) >= 11 is 0. The van der Waals surface area contributed by atoms with E-state index < -0.39 is 11.6 Å². The molecule has 4 saturated carbocycles. The van der Waals surface area contributed by atoms with Gasteiger partial charge >= 0.3 is 0 Å². The lowest BCUT2D eigenvalue weighted by molar-refractivity contribution is -0.173. The maximum Gasteiger partial charge on any atom is 0.228 e. The van der Waals surface area contributed by atoms with Crippen LogP contribution in [0.1, 0.15) is 71.6 Å². The van der Waals surface area contributed by atoms with E-state index in [1.807, 2.05) is 7.05 Å². The number of nitrogens with one attached hydrogen (secondary N) is 1. The molecule has 1 aromatic rings. The lowest BCUT2D eigenvalue weighted by Crippen LogP contribution is -2.65. The summed E-state index contributed by atoms with van der Waals surface area (Å²) in [4.78, 5) is 28.1. The van der Waals surface area contributed by atoms with Crippen LogP contribution in [0.5, 0.6) is 0 Å². The maximum absolute atomic E-state index is 14.2. The number of benzene rings is 1. The van der Waals surface area contributed by atoms with Crippen molar-refractivity contribution in [1.29, 1.82) is 0 Å². The second-order valence-corrected chi connectivity index (χ2v) is 12.6. The number of hydrogen-bond donors (Lipinski definition) is 1. The van der Waals surface area contributed by atoms with Crippen molar-refractivity contribution in [3.05, 3.63) is 29.8 Å². The number of anilines is 1. The summed E-state index contributed by atoms with van der Waals surface area (Å²) in [6.07, 6.45) is 8.99. The van der Waals surface area contributed by atoms with E-state index in [9.17, 15) is 18.4 Å². The van der Waals surface area contributed by atoms with E-state index in [1.165, 1.54) is 31.0 Å². The molecule has 1 spiro atoms. The summed E-state index contributed by atoms with van der Waals surface area (Å²) in [5, 5.41) is 2.61. The van der Waals surface area contributed by atoms with Gasteiger partial charge in [0.05, 0.1) is 0 Å². The highest BCUT2D eigenvalue weighted by molar-refractivity contribution is 5.93. The number of amides is 2. The summed E-state index contributed by atoms with van der Waals surface area (Å²) in [7, 11) is 2.02. The first kappa shape index (κ1) is 22.5. The molecule has 1 aliphatic heterocycles. The van der Waals surface area contributed by atoms with Gasteiger partial charge in [-0.15, -0.1) is 0 Å². The predicted molar refractivity (Wildman–Crippen MR) is 126 cm³/mol. The lowest BCUT2D eigenvalue weighted by atomic mass is 9.44. The van der Waals surface area contributed by atoms with Gasteiger partial charge in [-0.3, -0.25) is 9.59 Å². The van der Waals surface area contributed by atoms with Crippen molar-refractivity contribution >= 4 is 17.5 Å². The fraction of sp³-hybridized carbons (Fsp3) is 0.714. The van der Waals surface area contributed by atoms with Gasteiger partial charge in [-0.1, -0.05) is 19.9 Å². The van der Waals surface area contributed by atoms with Crippen LogP contribution < -0.4 is 5.32 Å². The average Bonchev–Trinajstić information content (AvgIpc) is 3.44. The number of piperidine rings is 1. The van der Waals surface area contributed by atoms with E-state index in [1.54, 1.807) is 0 Å². The molecule has 4 aliphatic carbocycles. The molecular weight excluding hydrogens is 434 g/mol. The van der Waals surface area contributed by atoms with Crippen LogP contribution in [0, 0.1) is 51.6 Å². The molecule has 3 unspecified atom stereocenters. The summed E-state index contributed by atoms with van der Waals surface area (Å²) in [6, 6.07) is 4.03. The number of carbonyl (C=O) groups is 2. The Morgan fingerprint density at radius 3 is 2.35 bits per heavy atom. The molecule has 1 saturated heterocycles. The van der Waals surface area contributed by atoms with Gasteiger partial charge in [-0.25, -0.2) is 8.78 Å². The summed E-state index contributed by atoms with van der Waals surface area (Å²) in [6.45, 7) is 4.70. The van der Waals surface area contributed by atoms with Crippen LogP contribution in [0.4, 0.5) is 14.5 Å². The molecule has 184 valence electrons. The number of nitrogens with zero attached hydrogens (tertiary/aromatic N) is 1. The standard InChI is InChI=1S/C28H36F2N2O2/c1-26-11-9-18-16(15-28(13-14-28)25-27(18,2)12-10-22(33)32(25)3)17(26)7-8-19(26)24(34)31-23-20(29)5-4-6-21(23)30/h4-6,16-19,25H,7-15H2,1-3H3,(H,31,34)/t16?,17-,18?,19+,25?,26-,27+/m0/s1. The number of carbonyl (C=O) groups excluding carboxylic acids is 2. The molecule has 7 atom stereocenters. The Labute approximate surface area is 200 Å². The van der Waals surface area contributed by atoms with Crippen LogP contribution in [-0.2, 0) is 9.59 Å². The molecule has 0 radical (unpaired) electrons. The molecule has 34 heavy (non-hydrogen) atoms. The monoisotopic (exact) mass is 470 g/mol. The zero-order valence-electron chi connectivity index (χ0n) is 20.5. The quantitative estimate of drug-likeness (QED) is 0.596. The van der Waals surface area contributed by atoms with Crippen LogP contribution in [-0.4, -0.2) is 29.8 Å². The van der Waals surface area contributed by atoms with Gasteiger partial charge in [0, 0.05) is 25.4 Å². The van der Waals surface area contributed by atoms with Gasteiger partial charge in [-0.2, -0.15) is 0 Å². The Morgan fingerprint density at radius 1 is 1.00 bits per heavy atom. The summed E-state index contributed by atoms with van der Waals surface area (Å²) in [5.41, 5.74) is -0.0914. The Morgan fingerprint density at radius 2 is 1.68 bits per heavy atom. The molecule has 2 amide bonds. The van der Waals surface area contributed by atoms with Crippen molar-refractivity contribution in [2.24, 2.45) is 39.9 Å². The molecule has 4 nitrogen and oxygen atoms in total. The van der Waals surface area contributed by atoms with Gasteiger partial charge < -0.3 is 10.2 Å². The molecule has 1 heterocycles. The zero-order valence-corrected chi connectivity index (χ0v) is 20.5. The van der Waals surface area contributed by atoms with Crippen LogP contribution in [0.15, 0.2) is 18.2 Å². The number of likely N-dealkylation sites (tertiary alicyclic amines) is 1. The minimum atomic E-state index is -0.727. The molecule has 0 bridgehead atoms. The average molecular weight is 471 g/mol. The van der Waals surface area contributed by atoms with Gasteiger partial charge in [0.25, 0.3) is 0 Å². The first-order valence-electron chi connectivity index (χ1n) is 13.1. The van der Waals surface area contributed by atoms with Crippen molar-refractivity contribution in [2.75, 3.05) is 12.4 Å². The number of rotatable bonds is 2. The lowest BCUT2D eigenvalue weighted by Gasteiger charge is -2.64. The Hall–Kier alpha value is -1.98. The second kappa shape index (κ2) is 7.27. The Kier molecular flexibility index (Phi) is 4.81. The van der Waals surface area contributed by atoms with Crippen molar-refractivity contribution in [1.82, 2.24) is 4.90 Å². The molecule has 0 aromatic heterocycles. The highest BCUT2D eigenvalue weighted by Crippen LogP contribution is 2.73. The maximum atomic E-state index is 14.2. The minimum absolute atomic E-state index is 0.139. The first-order chi connectivity index (χ1) is 16.1. The Balaban J connectivity index is 1.28. The third-order valence-electron chi connectivity index (χ3n) is 11.2. The second-order valence-electron chi connectivity index (χ2n) is 12.6. The SMILES string of the molecule is CN1C(=O)CC[C@]2(C)C3CC[C@]4(C)[C@@H](C(=O)Nc5c(F)cccc5F)CC[C@H]4C3CC3(CC3)C12. The van der Waals surface area contributed by atoms with Crippen LogP contribution >= 0.6 is 0 Å². The highest BCUT2D eigenvalue weighted by Gasteiger charge is 2.70. The first-order valence-corrected chi connectivity index (χ1v) is 13.1. The fourth-order valence-electron chi connectivity index (χ4n) is 9.64. The number of para-hydroxylation sites is 1. The normalized spacial score (nSPS) is 42.1. The van der Waals surface area contributed by atoms with Gasteiger partial charge in [0.1, 0.15) is 17.3 Å². The van der Waals surface area contributed by atoms with Crippen LogP contribution in [0.25, 0.3) is 0 Å². The fourth-order valence-corrected chi connectivity index (χ4v) is 9.64. The third-order valence-corrected chi connectivity index (χ3v) is 11.2. The van der Waals surface area contributed by atoms with Gasteiger partial charge in [0.2, 0.25) is 11.8 Å². The van der Waals surface area contributed by atoms with Crippen molar-refractivity contribution in [3.63, 3.8) is 0 Å². The predicted octanol–water partition coefficient (Wildman–Crippen LogP) is 5.77. The molecule has 6 heteroatoms. The van der Waals surface area contributed by atoms with E-state index in [0.29, 0.717) is 36.1 Å². The van der Waals surface area contributed by atoms with Crippen molar-refractivity contribution < 1.29 is 18.4 Å². The highest BCUT2D eigenvalue weighted by atomic mass is 19.1. The number of hydrogen-bond acceptors (Lipinski definition) is 2. The van der Waals surface area contributed by atoms with Gasteiger partial charge in [-0.05, 0) is 97.5 Å².